The summed E-state index contributed by atoms with van der Waals surface area (Å²) < 4.78 is 5.65. The molecule has 1 atom stereocenters. The van der Waals surface area contributed by atoms with Crippen molar-refractivity contribution < 1.29 is 9.84 Å². The zero-order chi connectivity index (χ0) is 18.9. The summed E-state index contributed by atoms with van der Waals surface area (Å²) in [5.74, 6) is 0.853. The number of rotatable bonds is 16. The summed E-state index contributed by atoms with van der Waals surface area (Å²) in [7, 11) is 0. The van der Waals surface area contributed by atoms with Crippen LogP contribution >= 0.6 is 0 Å². The standard InChI is InChI=1S/C23H41NO2/c1-3-5-6-7-8-9-10-11-12-13-14-15-16-17-18-19-22-24-23(4-2,20-25)21-26-22/h8-9,11-12,25H,3-7,10,13-21H2,1-2H3/b9-8+,12-11-/t23-/m0/s1. The van der Waals surface area contributed by atoms with E-state index in [1.54, 1.807) is 0 Å². The summed E-state index contributed by atoms with van der Waals surface area (Å²) in [5.41, 5.74) is -0.355. The molecule has 3 nitrogen and oxygen atoms in total. The van der Waals surface area contributed by atoms with Crippen molar-refractivity contribution in [2.45, 2.75) is 103 Å². The fourth-order valence-corrected chi connectivity index (χ4v) is 3.14. The van der Waals surface area contributed by atoms with E-state index in [-0.39, 0.29) is 12.1 Å². The van der Waals surface area contributed by atoms with Crippen LogP contribution in [0.5, 0.6) is 0 Å². The summed E-state index contributed by atoms with van der Waals surface area (Å²) in [5, 5.41) is 9.44. The molecule has 0 aliphatic carbocycles. The molecule has 1 heterocycles. The first kappa shape index (κ1) is 23.0. The van der Waals surface area contributed by atoms with Crippen LogP contribution in [0.3, 0.4) is 0 Å². The highest BCUT2D eigenvalue weighted by Crippen LogP contribution is 2.24. The average molecular weight is 364 g/mol. The summed E-state index contributed by atoms with van der Waals surface area (Å²) in [6.45, 7) is 4.95. The Bertz CT molecular complexity index is 422. The van der Waals surface area contributed by atoms with Crippen LogP contribution in [0, 0.1) is 0 Å². The highest BCUT2D eigenvalue weighted by molar-refractivity contribution is 5.78. The number of aliphatic hydroxyl groups excluding tert-OH is 1. The van der Waals surface area contributed by atoms with Gasteiger partial charge in [0.15, 0.2) is 5.90 Å². The second-order valence-electron chi connectivity index (χ2n) is 7.51. The van der Waals surface area contributed by atoms with E-state index in [1.165, 1.54) is 57.8 Å². The molecule has 0 aromatic rings. The van der Waals surface area contributed by atoms with Gasteiger partial charge in [0.05, 0.1) is 6.61 Å². The average Bonchev–Trinajstić information content (AvgIpc) is 3.09. The molecule has 0 unspecified atom stereocenters. The summed E-state index contributed by atoms with van der Waals surface area (Å²) in [6, 6.07) is 0. The molecule has 1 rings (SSSR count). The number of ether oxygens (including phenoxy) is 1. The summed E-state index contributed by atoms with van der Waals surface area (Å²) >= 11 is 0. The van der Waals surface area contributed by atoms with Gasteiger partial charge in [-0.15, -0.1) is 0 Å². The minimum absolute atomic E-state index is 0.0924. The zero-order valence-electron chi connectivity index (χ0n) is 17.2. The lowest BCUT2D eigenvalue weighted by atomic mass is 10.0. The van der Waals surface area contributed by atoms with Crippen LogP contribution in [0.15, 0.2) is 29.3 Å². The lowest BCUT2D eigenvalue weighted by Crippen LogP contribution is -2.31. The monoisotopic (exact) mass is 363 g/mol. The van der Waals surface area contributed by atoms with Crippen LogP contribution in [0.1, 0.15) is 97.3 Å². The Morgan fingerprint density at radius 3 is 2.19 bits per heavy atom. The number of nitrogens with zero attached hydrogens (tertiary/aromatic N) is 1. The molecule has 1 aliphatic rings. The number of hydrogen-bond donors (Lipinski definition) is 1. The van der Waals surface area contributed by atoms with Gasteiger partial charge < -0.3 is 9.84 Å². The third kappa shape index (κ3) is 10.2. The third-order valence-electron chi connectivity index (χ3n) is 5.16. The van der Waals surface area contributed by atoms with Gasteiger partial charge in [-0.2, -0.15) is 0 Å². The second kappa shape index (κ2) is 15.0. The molecular formula is C23H41NO2. The molecule has 0 bridgehead atoms. The van der Waals surface area contributed by atoms with Gasteiger partial charge in [0.2, 0.25) is 0 Å². The lowest BCUT2D eigenvalue weighted by Gasteiger charge is -2.17. The van der Waals surface area contributed by atoms with Gasteiger partial charge in [0, 0.05) is 6.42 Å². The van der Waals surface area contributed by atoms with E-state index in [4.69, 9.17) is 4.74 Å². The van der Waals surface area contributed by atoms with E-state index < -0.39 is 0 Å². The zero-order valence-corrected chi connectivity index (χ0v) is 17.2. The van der Waals surface area contributed by atoms with Crippen molar-refractivity contribution in [1.82, 2.24) is 0 Å². The van der Waals surface area contributed by atoms with Gasteiger partial charge in [-0.05, 0) is 44.9 Å². The number of aliphatic imine (C=N–C) groups is 1. The molecule has 0 aromatic heterocycles. The molecule has 0 aromatic carbocycles. The van der Waals surface area contributed by atoms with E-state index in [2.05, 4.69) is 43.1 Å². The van der Waals surface area contributed by atoms with Crippen molar-refractivity contribution in [3.05, 3.63) is 24.3 Å². The van der Waals surface area contributed by atoms with Gasteiger partial charge in [-0.3, -0.25) is 0 Å². The van der Waals surface area contributed by atoms with Crippen molar-refractivity contribution in [2.24, 2.45) is 4.99 Å². The third-order valence-corrected chi connectivity index (χ3v) is 5.16. The molecule has 0 saturated heterocycles. The van der Waals surface area contributed by atoms with E-state index >= 15 is 0 Å². The molecule has 0 fully saturated rings. The molecule has 150 valence electrons. The smallest absolute Gasteiger partial charge is 0.184 e. The molecule has 0 amide bonds. The highest BCUT2D eigenvalue weighted by Gasteiger charge is 2.33. The normalized spacial score (nSPS) is 20.2. The topological polar surface area (TPSA) is 41.8 Å². The minimum Gasteiger partial charge on any atom is -0.478 e. The van der Waals surface area contributed by atoms with Crippen molar-refractivity contribution in [3.8, 4) is 0 Å². The predicted octanol–water partition coefficient (Wildman–Crippen LogP) is 6.37. The van der Waals surface area contributed by atoms with Crippen LogP contribution in [0.4, 0.5) is 0 Å². The molecule has 3 heteroatoms. The van der Waals surface area contributed by atoms with Crippen molar-refractivity contribution >= 4 is 5.90 Å². The summed E-state index contributed by atoms with van der Waals surface area (Å²) in [4.78, 5) is 4.59. The van der Waals surface area contributed by atoms with Crippen molar-refractivity contribution in [3.63, 3.8) is 0 Å². The van der Waals surface area contributed by atoms with Crippen LogP contribution in [0.2, 0.25) is 0 Å². The first-order chi connectivity index (χ1) is 12.8. The van der Waals surface area contributed by atoms with Gasteiger partial charge >= 0.3 is 0 Å². The van der Waals surface area contributed by atoms with Crippen molar-refractivity contribution in [2.75, 3.05) is 13.2 Å². The fourth-order valence-electron chi connectivity index (χ4n) is 3.14. The van der Waals surface area contributed by atoms with Crippen LogP contribution < -0.4 is 0 Å². The van der Waals surface area contributed by atoms with Crippen molar-refractivity contribution in [1.29, 1.82) is 0 Å². The Hall–Kier alpha value is -1.09. The van der Waals surface area contributed by atoms with Crippen LogP contribution in [-0.4, -0.2) is 29.8 Å². The highest BCUT2D eigenvalue weighted by atomic mass is 16.5. The van der Waals surface area contributed by atoms with Crippen LogP contribution in [-0.2, 0) is 4.74 Å². The van der Waals surface area contributed by atoms with Gasteiger partial charge in [0.25, 0.3) is 0 Å². The van der Waals surface area contributed by atoms with E-state index in [0.29, 0.717) is 6.61 Å². The SMILES string of the molecule is CCCCC/C=C/C/C=C\CCCCCCCC1=N[C@@](CC)(CO)CO1. The quantitative estimate of drug-likeness (QED) is 0.256. The molecule has 0 saturated carbocycles. The maximum Gasteiger partial charge on any atom is 0.184 e. The Morgan fingerprint density at radius 1 is 0.923 bits per heavy atom. The second-order valence-corrected chi connectivity index (χ2v) is 7.51. The maximum atomic E-state index is 9.44. The van der Waals surface area contributed by atoms with Gasteiger partial charge in [-0.1, -0.05) is 70.3 Å². The molecule has 1 aliphatic heterocycles. The lowest BCUT2D eigenvalue weighted by molar-refractivity contribution is 0.153. The van der Waals surface area contributed by atoms with Gasteiger partial charge in [0.1, 0.15) is 12.1 Å². The predicted molar refractivity (Wildman–Crippen MR) is 113 cm³/mol. The largest absolute Gasteiger partial charge is 0.478 e. The number of unbranched alkanes of at least 4 members (excludes halogenated alkanes) is 8. The number of hydrogen-bond acceptors (Lipinski definition) is 3. The minimum atomic E-state index is -0.355. The molecule has 0 radical (unpaired) electrons. The number of allylic oxidation sites excluding steroid dienone is 4. The Kier molecular flexibility index (Phi) is 13.3. The first-order valence-electron chi connectivity index (χ1n) is 10.9. The summed E-state index contributed by atoms with van der Waals surface area (Å²) in [6.07, 6.45) is 24.8. The Morgan fingerprint density at radius 2 is 1.58 bits per heavy atom. The fraction of sp³-hybridized carbons (Fsp3) is 0.783. The molecule has 1 N–H and O–H groups in total. The van der Waals surface area contributed by atoms with Gasteiger partial charge in [-0.25, -0.2) is 4.99 Å². The molecule has 26 heavy (non-hydrogen) atoms. The van der Waals surface area contributed by atoms with E-state index in [0.717, 1.165) is 31.6 Å². The Balaban J connectivity index is 1.91. The Labute approximate surface area is 161 Å². The molecule has 0 spiro atoms. The van der Waals surface area contributed by atoms with E-state index in [1.807, 2.05) is 0 Å². The molecular weight excluding hydrogens is 322 g/mol. The first-order valence-corrected chi connectivity index (χ1v) is 10.9. The number of aliphatic hydroxyl groups is 1. The van der Waals surface area contributed by atoms with Crippen LogP contribution in [0.25, 0.3) is 0 Å². The van der Waals surface area contributed by atoms with E-state index in [9.17, 15) is 5.11 Å². The maximum absolute atomic E-state index is 9.44.